The highest BCUT2D eigenvalue weighted by molar-refractivity contribution is 5.11. The van der Waals surface area contributed by atoms with Gasteiger partial charge in [-0.05, 0) is 50.4 Å². The van der Waals surface area contributed by atoms with E-state index in [1.165, 1.54) is 64.3 Å². The van der Waals surface area contributed by atoms with E-state index in [0.29, 0.717) is 0 Å². The molecule has 110 valence electrons. The zero-order chi connectivity index (χ0) is 13.3. The van der Waals surface area contributed by atoms with Gasteiger partial charge < -0.3 is 10.1 Å². The Hall–Kier alpha value is -0.340. The van der Waals surface area contributed by atoms with E-state index >= 15 is 0 Å². The minimum Gasteiger partial charge on any atom is -0.383 e. The predicted octanol–water partition coefficient (Wildman–Crippen LogP) is 3.92. The molecule has 2 aliphatic carbocycles. The molecule has 1 unspecified atom stereocenters. The lowest BCUT2D eigenvalue weighted by atomic mass is 9.74. The average Bonchev–Trinajstić information content (AvgIpc) is 2.49. The van der Waals surface area contributed by atoms with Crippen molar-refractivity contribution in [1.29, 1.82) is 0 Å². The van der Waals surface area contributed by atoms with Crippen LogP contribution in [0.2, 0.25) is 0 Å². The van der Waals surface area contributed by atoms with Gasteiger partial charge in [0.2, 0.25) is 0 Å². The summed E-state index contributed by atoms with van der Waals surface area (Å²) in [5.74, 6) is 1.74. The second-order valence-electron chi connectivity index (χ2n) is 6.23. The van der Waals surface area contributed by atoms with Gasteiger partial charge in [-0.25, -0.2) is 0 Å². The first-order valence-electron chi connectivity index (χ1n) is 8.30. The Morgan fingerprint density at radius 1 is 1.21 bits per heavy atom. The zero-order valence-electron chi connectivity index (χ0n) is 12.6. The summed E-state index contributed by atoms with van der Waals surface area (Å²) in [6, 6.07) is 0. The van der Waals surface area contributed by atoms with E-state index in [4.69, 9.17) is 4.74 Å². The van der Waals surface area contributed by atoms with E-state index in [9.17, 15) is 0 Å². The molecule has 0 aromatic rings. The third-order valence-electron chi connectivity index (χ3n) is 4.87. The minimum absolute atomic E-state index is 0.803. The number of methoxy groups -OCH3 is 1. The van der Waals surface area contributed by atoms with Crippen molar-refractivity contribution in [2.45, 2.75) is 57.8 Å². The van der Waals surface area contributed by atoms with Gasteiger partial charge in [-0.15, -0.1) is 0 Å². The third kappa shape index (κ3) is 4.92. The molecule has 0 aromatic carbocycles. The summed E-state index contributed by atoms with van der Waals surface area (Å²) in [6.07, 6.45) is 15.3. The molecule has 0 bridgehead atoms. The van der Waals surface area contributed by atoms with Crippen molar-refractivity contribution in [2.75, 3.05) is 26.8 Å². The topological polar surface area (TPSA) is 21.3 Å². The summed E-state index contributed by atoms with van der Waals surface area (Å²) in [6.45, 7) is 2.99. The van der Waals surface area contributed by atoms with Crippen LogP contribution in [0.25, 0.3) is 0 Å². The molecule has 0 heterocycles. The Balaban J connectivity index is 1.89. The molecule has 0 aromatic heterocycles. The zero-order valence-corrected chi connectivity index (χ0v) is 12.6. The van der Waals surface area contributed by atoms with Crippen molar-refractivity contribution in [2.24, 2.45) is 11.8 Å². The molecule has 0 saturated heterocycles. The molecule has 2 nitrogen and oxygen atoms in total. The van der Waals surface area contributed by atoms with Crippen molar-refractivity contribution in [3.63, 3.8) is 0 Å². The highest BCUT2D eigenvalue weighted by Gasteiger charge is 2.26. The number of ether oxygens (including phenoxy) is 1. The largest absolute Gasteiger partial charge is 0.383 e. The SMILES string of the molecule is COCCNCC(C1=CCCCC1)C1CCCCC1. The molecule has 0 amide bonds. The van der Waals surface area contributed by atoms with Crippen LogP contribution >= 0.6 is 0 Å². The molecule has 0 radical (unpaired) electrons. The minimum atomic E-state index is 0.803. The summed E-state index contributed by atoms with van der Waals surface area (Å²) in [5.41, 5.74) is 1.77. The fourth-order valence-electron chi connectivity index (χ4n) is 3.77. The maximum absolute atomic E-state index is 5.14. The summed E-state index contributed by atoms with van der Waals surface area (Å²) in [5, 5.41) is 3.62. The maximum Gasteiger partial charge on any atom is 0.0587 e. The summed E-state index contributed by atoms with van der Waals surface area (Å²) in [7, 11) is 1.78. The number of allylic oxidation sites excluding steroid dienone is 1. The van der Waals surface area contributed by atoms with Gasteiger partial charge in [0.1, 0.15) is 0 Å². The molecule has 1 saturated carbocycles. The second kappa shape index (κ2) is 8.76. The van der Waals surface area contributed by atoms with Gasteiger partial charge in [-0.1, -0.05) is 30.9 Å². The van der Waals surface area contributed by atoms with Gasteiger partial charge in [0.15, 0.2) is 0 Å². The highest BCUT2D eigenvalue weighted by Crippen LogP contribution is 2.36. The fraction of sp³-hybridized carbons (Fsp3) is 0.882. The van der Waals surface area contributed by atoms with E-state index in [-0.39, 0.29) is 0 Å². The molecule has 2 rings (SSSR count). The molecule has 19 heavy (non-hydrogen) atoms. The second-order valence-corrected chi connectivity index (χ2v) is 6.23. The average molecular weight is 265 g/mol. The molecule has 1 atom stereocenters. The lowest BCUT2D eigenvalue weighted by Gasteiger charge is -2.33. The molecule has 2 heteroatoms. The molecular weight excluding hydrogens is 234 g/mol. The summed E-state index contributed by atoms with van der Waals surface area (Å²) in [4.78, 5) is 0. The van der Waals surface area contributed by atoms with Crippen molar-refractivity contribution in [1.82, 2.24) is 5.32 Å². The van der Waals surface area contributed by atoms with Crippen molar-refractivity contribution in [3.8, 4) is 0 Å². The monoisotopic (exact) mass is 265 g/mol. The van der Waals surface area contributed by atoms with E-state index in [1.807, 2.05) is 0 Å². The van der Waals surface area contributed by atoms with E-state index in [2.05, 4.69) is 11.4 Å². The maximum atomic E-state index is 5.14. The molecule has 2 aliphatic rings. The first-order valence-corrected chi connectivity index (χ1v) is 8.30. The van der Waals surface area contributed by atoms with Crippen LogP contribution in [0.5, 0.6) is 0 Å². The quantitative estimate of drug-likeness (QED) is 0.556. The highest BCUT2D eigenvalue weighted by atomic mass is 16.5. The van der Waals surface area contributed by atoms with Crippen LogP contribution in [-0.2, 0) is 4.74 Å². The van der Waals surface area contributed by atoms with Crippen LogP contribution in [0.1, 0.15) is 57.8 Å². The van der Waals surface area contributed by atoms with E-state index in [1.54, 1.807) is 12.7 Å². The Morgan fingerprint density at radius 2 is 2.05 bits per heavy atom. The van der Waals surface area contributed by atoms with Crippen LogP contribution < -0.4 is 5.32 Å². The van der Waals surface area contributed by atoms with Crippen LogP contribution in [0.15, 0.2) is 11.6 Å². The Morgan fingerprint density at radius 3 is 2.74 bits per heavy atom. The van der Waals surface area contributed by atoms with E-state index < -0.39 is 0 Å². The van der Waals surface area contributed by atoms with Gasteiger partial charge in [0, 0.05) is 20.2 Å². The van der Waals surface area contributed by atoms with Crippen LogP contribution in [-0.4, -0.2) is 26.8 Å². The van der Waals surface area contributed by atoms with Gasteiger partial charge in [0.05, 0.1) is 6.61 Å². The number of rotatable bonds is 7. The van der Waals surface area contributed by atoms with Crippen molar-refractivity contribution >= 4 is 0 Å². The van der Waals surface area contributed by atoms with Gasteiger partial charge in [0.25, 0.3) is 0 Å². The Bertz CT molecular complexity index is 268. The summed E-state index contributed by atoms with van der Waals surface area (Å²) >= 11 is 0. The molecule has 1 N–H and O–H groups in total. The smallest absolute Gasteiger partial charge is 0.0587 e. The van der Waals surface area contributed by atoms with Crippen molar-refractivity contribution in [3.05, 3.63) is 11.6 Å². The first kappa shape index (κ1) is 15.1. The lowest BCUT2D eigenvalue weighted by Crippen LogP contribution is -2.33. The number of hydrogen-bond acceptors (Lipinski definition) is 2. The van der Waals surface area contributed by atoms with Crippen LogP contribution in [0.4, 0.5) is 0 Å². The Labute approximate surface area is 119 Å². The summed E-state index contributed by atoms with van der Waals surface area (Å²) < 4.78 is 5.14. The number of hydrogen-bond donors (Lipinski definition) is 1. The van der Waals surface area contributed by atoms with Gasteiger partial charge in [-0.2, -0.15) is 0 Å². The van der Waals surface area contributed by atoms with Crippen LogP contribution in [0.3, 0.4) is 0 Å². The molecule has 0 spiro atoms. The van der Waals surface area contributed by atoms with Gasteiger partial charge in [-0.3, -0.25) is 0 Å². The lowest BCUT2D eigenvalue weighted by molar-refractivity contribution is 0.193. The number of nitrogens with one attached hydrogen (secondary N) is 1. The third-order valence-corrected chi connectivity index (χ3v) is 4.87. The fourth-order valence-corrected chi connectivity index (χ4v) is 3.77. The predicted molar refractivity (Wildman–Crippen MR) is 81.4 cm³/mol. The molecule has 1 fully saturated rings. The Kier molecular flexibility index (Phi) is 6.94. The van der Waals surface area contributed by atoms with Crippen LogP contribution in [0, 0.1) is 11.8 Å². The molecule has 0 aliphatic heterocycles. The molecular formula is C17H31NO. The standard InChI is InChI=1S/C17H31NO/c1-19-13-12-18-14-17(15-8-4-2-5-9-15)16-10-6-3-7-11-16/h8,16-18H,2-7,9-14H2,1H3. The van der Waals surface area contributed by atoms with Gasteiger partial charge >= 0.3 is 0 Å². The normalized spacial score (nSPS) is 23.1. The van der Waals surface area contributed by atoms with E-state index in [0.717, 1.165) is 25.0 Å². The first-order chi connectivity index (χ1) is 9.42. The van der Waals surface area contributed by atoms with Crippen molar-refractivity contribution < 1.29 is 4.74 Å².